The highest BCUT2D eigenvalue weighted by Crippen LogP contribution is 2.36. The quantitative estimate of drug-likeness (QED) is 0.0662. The molecule has 0 bridgehead atoms. The summed E-state index contributed by atoms with van der Waals surface area (Å²) in [6.07, 6.45) is 1.74. The number of rotatable bonds is 8. The molecule has 3 rings (SSSR count). The molecule has 11 nitrogen and oxygen atoms in total. The number of aryl methyl sites for hydroxylation is 1. The fourth-order valence-electron chi connectivity index (χ4n) is 4.92. The van der Waals surface area contributed by atoms with Crippen molar-refractivity contribution in [2.45, 2.75) is 85.7 Å². The van der Waals surface area contributed by atoms with Crippen LogP contribution in [0.25, 0.3) is 0 Å². The van der Waals surface area contributed by atoms with Crippen LogP contribution in [0.3, 0.4) is 0 Å². The third kappa shape index (κ3) is 14.6. The van der Waals surface area contributed by atoms with Crippen molar-refractivity contribution in [1.82, 2.24) is 10.6 Å². The van der Waals surface area contributed by atoms with Gasteiger partial charge in [0, 0.05) is 28.9 Å². The summed E-state index contributed by atoms with van der Waals surface area (Å²) in [6, 6.07) is 14.7. The molecule has 0 saturated carbocycles. The van der Waals surface area contributed by atoms with E-state index in [1.165, 1.54) is 24.3 Å². The normalized spacial score (nSPS) is 11.5. The number of nitrogen functional groups attached to an aromatic ring is 1. The topological polar surface area (TPSA) is 178 Å². The number of hydrogen-bond donors (Lipinski definition) is 8. The van der Waals surface area contributed by atoms with E-state index in [2.05, 4.69) is 47.4 Å². The van der Waals surface area contributed by atoms with Crippen LogP contribution in [0.4, 0.5) is 32.3 Å². The Morgan fingerprint density at radius 1 is 0.729 bits per heavy atom. The van der Waals surface area contributed by atoms with E-state index in [1.54, 1.807) is 0 Å². The number of amides is 5. The van der Waals surface area contributed by atoms with Crippen molar-refractivity contribution in [2.24, 2.45) is 5.41 Å². The Hall–Kier alpha value is -4.35. The van der Waals surface area contributed by atoms with Gasteiger partial charge in [0.05, 0.1) is 21.4 Å². The van der Waals surface area contributed by atoms with E-state index >= 15 is 0 Å². The maximum atomic E-state index is 12.2. The van der Waals surface area contributed by atoms with Crippen molar-refractivity contribution in [1.29, 1.82) is 0 Å². The van der Waals surface area contributed by atoms with Gasteiger partial charge in [-0.05, 0) is 82.7 Å². The summed E-state index contributed by atoms with van der Waals surface area (Å²) >= 11 is 11.8. The van der Waals surface area contributed by atoms with E-state index in [1.807, 2.05) is 65.0 Å². The second-order valence-corrected chi connectivity index (χ2v) is 15.1. The SMILES string of the molecule is CC(C)(C)CC(C)(C)NC(=O)Nc1cc(N)c(O)c(Cl)c1.CC(C)(C)NC(=O)Nc1cc(NC(=O)CCc2ccccc2)cc(Cl)c1O. The van der Waals surface area contributed by atoms with Gasteiger partial charge in [0.15, 0.2) is 11.5 Å². The van der Waals surface area contributed by atoms with Crippen LogP contribution in [0.15, 0.2) is 54.6 Å². The van der Waals surface area contributed by atoms with Crippen molar-refractivity contribution in [3.05, 3.63) is 70.2 Å². The largest absolute Gasteiger partial charge is 0.504 e. The molecular formula is C35H48Cl2N6O5. The molecule has 0 fully saturated rings. The molecule has 0 saturated heterocycles. The fraction of sp³-hybridized carbons (Fsp3) is 0.400. The molecule has 13 heteroatoms. The van der Waals surface area contributed by atoms with Crippen LogP contribution in [0.2, 0.25) is 10.0 Å². The molecule has 0 aliphatic rings. The van der Waals surface area contributed by atoms with Crippen LogP contribution >= 0.6 is 23.2 Å². The average molecular weight is 704 g/mol. The van der Waals surface area contributed by atoms with Gasteiger partial charge in [-0.15, -0.1) is 0 Å². The second kappa shape index (κ2) is 16.7. The maximum absolute atomic E-state index is 12.2. The predicted molar refractivity (Wildman–Crippen MR) is 196 cm³/mol. The van der Waals surface area contributed by atoms with Gasteiger partial charge in [0.1, 0.15) is 0 Å². The first-order chi connectivity index (χ1) is 22.0. The Morgan fingerprint density at radius 2 is 1.27 bits per heavy atom. The number of carbonyl (C=O) groups is 3. The highest BCUT2D eigenvalue weighted by Gasteiger charge is 2.27. The zero-order chi connectivity index (χ0) is 36.4. The first-order valence-electron chi connectivity index (χ1n) is 15.4. The van der Waals surface area contributed by atoms with Crippen LogP contribution in [-0.2, 0) is 11.2 Å². The van der Waals surface area contributed by atoms with E-state index in [4.69, 9.17) is 28.9 Å². The molecule has 3 aromatic rings. The molecule has 0 aliphatic heterocycles. The van der Waals surface area contributed by atoms with E-state index in [-0.39, 0.29) is 55.8 Å². The molecule has 0 radical (unpaired) electrons. The Labute approximate surface area is 293 Å². The lowest BCUT2D eigenvalue weighted by molar-refractivity contribution is -0.116. The lowest BCUT2D eigenvalue weighted by Crippen LogP contribution is -2.47. The van der Waals surface area contributed by atoms with Crippen LogP contribution in [0.5, 0.6) is 11.5 Å². The van der Waals surface area contributed by atoms with E-state index < -0.39 is 11.6 Å². The maximum Gasteiger partial charge on any atom is 0.319 e. The summed E-state index contributed by atoms with van der Waals surface area (Å²) in [5.41, 5.74) is 7.03. The molecule has 0 atom stereocenters. The molecule has 0 unspecified atom stereocenters. The average Bonchev–Trinajstić information content (AvgIpc) is 2.91. The number of benzene rings is 3. The molecule has 0 aromatic heterocycles. The van der Waals surface area contributed by atoms with Crippen LogP contribution in [-0.4, -0.2) is 39.3 Å². The van der Waals surface area contributed by atoms with Crippen molar-refractivity contribution in [2.75, 3.05) is 21.7 Å². The Morgan fingerprint density at radius 3 is 1.81 bits per heavy atom. The standard InChI is InChI=1S/C20H24ClN3O3.C15H24ClN3O2/c1-20(2,3)24-19(27)23-16-12-14(11-15(21)18(16)26)22-17(25)10-9-13-7-5-4-6-8-13;1-14(2,3)8-15(4,5)19-13(21)18-9-6-10(16)12(20)11(17)7-9/h4-8,11-12,26H,9-10H2,1-3H3,(H,22,25)(H2,23,24,27);6-7,20H,8,17H2,1-5H3,(H2,18,19,21). The summed E-state index contributed by atoms with van der Waals surface area (Å²) in [6.45, 7) is 15.8. The van der Waals surface area contributed by atoms with E-state index in [9.17, 15) is 24.6 Å². The number of anilines is 4. The van der Waals surface area contributed by atoms with Gasteiger partial charge in [-0.3, -0.25) is 4.79 Å². The third-order valence-electron chi connectivity index (χ3n) is 6.34. The molecule has 0 aliphatic carbocycles. The number of carbonyl (C=O) groups excluding carboxylic acids is 3. The zero-order valence-corrected chi connectivity index (χ0v) is 30.3. The number of nitrogens with one attached hydrogen (secondary N) is 5. The van der Waals surface area contributed by atoms with Gasteiger partial charge < -0.3 is 42.5 Å². The van der Waals surface area contributed by atoms with Gasteiger partial charge in [-0.1, -0.05) is 74.3 Å². The monoisotopic (exact) mass is 702 g/mol. The first kappa shape index (κ1) is 39.8. The number of nitrogens with two attached hydrogens (primary N) is 1. The first-order valence-corrected chi connectivity index (χ1v) is 16.1. The lowest BCUT2D eigenvalue weighted by Gasteiger charge is -2.33. The summed E-state index contributed by atoms with van der Waals surface area (Å²) in [7, 11) is 0. The number of phenols is 2. The van der Waals surface area contributed by atoms with Crippen molar-refractivity contribution < 1.29 is 24.6 Å². The Kier molecular flexibility index (Phi) is 13.8. The molecule has 0 heterocycles. The second-order valence-electron chi connectivity index (χ2n) is 14.3. The smallest absolute Gasteiger partial charge is 0.319 e. The van der Waals surface area contributed by atoms with E-state index in [0.29, 0.717) is 24.2 Å². The molecular weight excluding hydrogens is 655 g/mol. The number of urea groups is 2. The van der Waals surface area contributed by atoms with Crippen molar-refractivity contribution >= 4 is 63.9 Å². The van der Waals surface area contributed by atoms with Crippen LogP contribution < -0.4 is 32.3 Å². The van der Waals surface area contributed by atoms with Crippen LogP contribution in [0, 0.1) is 5.41 Å². The van der Waals surface area contributed by atoms with Gasteiger partial charge in [-0.25, -0.2) is 9.59 Å². The molecule has 9 N–H and O–H groups in total. The minimum Gasteiger partial charge on any atom is -0.504 e. The number of hydrogen-bond acceptors (Lipinski definition) is 6. The van der Waals surface area contributed by atoms with Crippen molar-refractivity contribution in [3.8, 4) is 11.5 Å². The van der Waals surface area contributed by atoms with Crippen molar-refractivity contribution in [3.63, 3.8) is 0 Å². The van der Waals surface area contributed by atoms with Gasteiger partial charge in [0.2, 0.25) is 5.91 Å². The lowest BCUT2D eigenvalue weighted by atomic mass is 9.82. The Bertz CT molecular complexity index is 1560. The number of halogens is 2. The zero-order valence-electron chi connectivity index (χ0n) is 28.8. The summed E-state index contributed by atoms with van der Waals surface area (Å²) in [4.78, 5) is 36.3. The Balaban J connectivity index is 0.000000345. The predicted octanol–water partition coefficient (Wildman–Crippen LogP) is 8.50. The van der Waals surface area contributed by atoms with Gasteiger partial charge in [0.25, 0.3) is 0 Å². The summed E-state index contributed by atoms with van der Waals surface area (Å²) in [5.74, 6) is -0.635. The summed E-state index contributed by atoms with van der Waals surface area (Å²) in [5, 5.41) is 33.3. The highest BCUT2D eigenvalue weighted by atomic mass is 35.5. The highest BCUT2D eigenvalue weighted by molar-refractivity contribution is 6.33. The van der Waals surface area contributed by atoms with Crippen LogP contribution in [0.1, 0.15) is 73.8 Å². The molecule has 3 aromatic carbocycles. The molecule has 5 amide bonds. The third-order valence-corrected chi connectivity index (χ3v) is 6.92. The van der Waals surface area contributed by atoms with Gasteiger partial charge >= 0.3 is 12.1 Å². The molecule has 0 spiro atoms. The summed E-state index contributed by atoms with van der Waals surface area (Å²) < 4.78 is 0. The van der Waals surface area contributed by atoms with E-state index in [0.717, 1.165) is 12.0 Å². The number of phenolic OH excluding ortho intramolecular Hbond substituents is 2. The fourth-order valence-corrected chi connectivity index (χ4v) is 5.36. The number of aromatic hydroxyl groups is 2. The minimum absolute atomic E-state index is 0.0296. The van der Waals surface area contributed by atoms with Gasteiger partial charge in [-0.2, -0.15) is 0 Å². The minimum atomic E-state index is -0.485. The molecule has 48 heavy (non-hydrogen) atoms. The molecule has 262 valence electrons.